The van der Waals surface area contributed by atoms with Crippen LogP contribution in [-0.4, -0.2) is 10.9 Å². The average Bonchev–Trinajstić information content (AvgIpc) is 2.67. The van der Waals surface area contributed by atoms with E-state index in [1.165, 1.54) is 6.20 Å². The maximum atomic E-state index is 10.8. The van der Waals surface area contributed by atoms with Gasteiger partial charge in [-0.2, -0.15) is 0 Å². The van der Waals surface area contributed by atoms with Gasteiger partial charge in [-0.3, -0.25) is 4.79 Å². The Morgan fingerprint density at radius 2 is 2.13 bits per heavy atom. The predicted octanol–water partition coefficient (Wildman–Crippen LogP) is 2.09. The lowest BCUT2D eigenvalue weighted by Gasteiger charge is -1.97. The highest BCUT2D eigenvalue weighted by molar-refractivity contribution is 6.33. The highest BCUT2D eigenvalue weighted by Crippen LogP contribution is 2.26. The molecule has 15 heavy (non-hydrogen) atoms. The van der Waals surface area contributed by atoms with Gasteiger partial charge in [0.1, 0.15) is 0 Å². The van der Waals surface area contributed by atoms with Crippen molar-refractivity contribution >= 4 is 17.5 Å². The third-order valence-electron chi connectivity index (χ3n) is 1.85. The Morgan fingerprint density at radius 3 is 2.73 bits per heavy atom. The zero-order chi connectivity index (χ0) is 10.8. The molecular weight excluding hydrogens is 216 g/mol. The molecule has 1 heterocycles. The lowest BCUT2D eigenvalue weighted by Crippen LogP contribution is -2.09. The zero-order valence-corrected chi connectivity index (χ0v) is 8.36. The normalized spacial score (nSPS) is 10.2. The molecule has 1 aromatic carbocycles. The van der Waals surface area contributed by atoms with Crippen molar-refractivity contribution in [1.82, 2.24) is 4.98 Å². The molecule has 0 fully saturated rings. The second kappa shape index (κ2) is 3.74. The van der Waals surface area contributed by atoms with Crippen LogP contribution >= 0.6 is 11.6 Å². The van der Waals surface area contributed by atoms with E-state index in [1.807, 2.05) is 0 Å². The number of carbonyl (C=O) groups is 1. The van der Waals surface area contributed by atoms with Crippen molar-refractivity contribution in [2.24, 2.45) is 5.73 Å². The summed E-state index contributed by atoms with van der Waals surface area (Å²) in [5.41, 5.74) is 5.67. The molecule has 2 N–H and O–H groups in total. The van der Waals surface area contributed by atoms with E-state index in [0.29, 0.717) is 10.6 Å². The van der Waals surface area contributed by atoms with E-state index in [9.17, 15) is 4.79 Å². The SMILES string of the molecule is NC(=O)c1cnc(-c2ccccc2Cl)o1. The van der Waals surface area contributed by atoms with E-state index in [-0.39, 0.29) is 11.7 Å². The molecule has 76 valence electrons. The predicted molar refractivity (Wildman–Crippen MR) is 55.5 cm³/mol. The van der Waals surface area contributed by atoms with Crippen molar-refractivity contribution in [3.05, 3.63) is 41.2 Å². The van der Waals surface area contributed by atoms with E-state index < -0.39 is 5.91 Å². The molecule has 0 aliphatic carbocycles. The van der Waals surface area contributed by atoms with E-state index in [1.54, 1.807) is 24.3 Å². The van der Waals surface area contributed by atoms with Crippen molar-refractivity contribution in [3.63, 3.8) is 0 Å². The first-order chi connectivity index (χ1) is 7.18. The summed E-state index contributed by atoms with van der Waals surface area (Å²) < 4.78 is 5.14. The number of oxazole rings is 1. The number of nitrogens with zero attached hydrogens (tertiary/aromatic N) is 1. The molecule has 1 amide bonds. The molecule has 0 unspecified atom stereocenters. The first-order valence-corrected chi connectivity index (χ1v) is 4.57. The van der Waals surface area contributed by atoms with Gasteiger partial charge in [0.25, 0.3) is 5.91 Å². The topological polar surface area (TPSA) is 69.1 Å². The van der Waals surface area contributed by atoms with Gasteiger partial charge in [0.15, 0.2) is 0 Å². The van der Waals surface area contributed by atoms with E-state index in [0.717, 1.165) is 0 Å². The van der Waals surface area contributed by atoms with Gasteiger partial charge in [0.2, 0.25) is 11.7 Å². The number of nitrogens with two attached hydrogens (primary N) is 1. The Hall–Kier alpha value is -1.81. The second-order valence-electron chi connectivity index (χ2n) is 2.87. The average molecular weight is 223 g/mol. The minimum absolute atomic E-state index is 0.0184. The molecule has 5 heteroatoms. The summed E-state index contributed by atoms with van der Waals surface area (Å²) in [7, 11) is 0. The van der Waals surface area contributed by atoms with Gasteiger partial charge in [0.05, 0.1) is 16.8 Å². The third kappa shape index (κ3) is 1.85. The highest BCUT2D eigenvalue weighted by atomic mass is 35.5. The minimum Gasteiger partial charge on any atom is -0.431 e. The number of carbonyl (C=O) groups excluding carboxylic acids is 1. The molecule has 4 nitrogen and oxygen atoms in total. The molecule has 0 saturated carbocycles. The fraction of sp³-hybridized carbons (Fsp3) is 0. The van der Waals surface area contributed by atoms with Crippen LogP contribution in [-0.2, 0) is 0 Å². The summed E-state index contributed by atoms with van der Waals surface area (Å²) in [5, 5.41) is 0.510. The van der Waals surface area contributed by atoms with Gasteiger partial charge in [-0.25, -0.2) is 4.98 Å². The largest absolute Gasteiger partial charge is 0.431 e. The molecule has 0 bridgehead atoms. The third-order valence-corrected chi connectivity index (χ3v) is 2.18. The molecule has 0 aliphatic heterocycles. The maximum Gasteiger partial charge on any atom is 0.286 e. The number of primary amides is 1. The highest BCUT2D eigenvalue weighted by Gasteiger charge is 2.12. The standard InChI is InChI=1S/C10H7ClN2O2/c11-7-4-2-1-3-6(7)10-13-5-8(15-10)9(12)14/h1-5H,(H2,12,14). The molecule has 2 rings (SSSR count). The van der Waals surface area contributed by atoms with Crippen LogP contribution in [0, 0.1) is 0 Å². The van der Waals surface area contributed by atoms with Crippen LogP contribution in [0.2, 0.25) is 5.02 Å². The van der Waals surface area contributed by atoms with Crippen LogP contribution in [0.1, 0.15) is 10.6 Å². The minimum atomic E-state index is -0.652. The van der Waals surface area contributed by atoms with Crippen molar-refractivity contribution in [2.45, 2.75) is 0 Å². The number of hydrogen-bond acceptors (Lipinski definition) is 3. The number of amides is 1. The summed E-state index contributed by atoms with van der Waals surface area (Å²) in [5.74, 6) is -0.347. The summed E-state index contributed by atoms with van der Waals surface area (Å²) in [6, 6.07) is 7.06. The van der Waals surface area contributed by atoms with Crippen molar-refractivity contribution < 1.29 is 9.21 Å². The van der Waals surface area contributed by atoms with Gasteiger partial charge in [-0.05, 0) is 12.1 Å². The Morgan fingerprint density at radius 1 is 1.40 bits per heavy atom. The van der Waals surface area contributed by atoms with Crippen LogP contribution < -0.4 is 5.73 Å². The van der Waals surface area contributed by atoms with Crippen LogP contribution in [0.15, 0.2) is 34.9 Å². The Bertz CT molecular complexity index is 508. The Balaban J connectivity index is 2.46. The smallest absolute Gasteiger partial charge is 0.286 e. The van der Waals surface area contributed by atoms with E-state index in [4.69, 9.17) is 21.8 Å². The van der Waals surface area contributed by atoms with Crippen molar-refractivity contribution in [2.75, 3.05) is 0 Å². The quantitative estimate of drug-likeness (QED) is 0.846. The van der Waals surface area contributed by atoms with Gasteiger partial charge in [-0.1, -0.05) is 23.7 Å². The van der Waals surface area contributed by atoms with Crippen LogP contribution in [0.3, 0.4) is 0 Å². The monoisotopic (exact) mass is 222 g/mol. The molecule has 0 aliphatic rings. The summed E-state index contributed by atoms with van der Waals surface area (Å²) in [6.07, 6.45) is 1.28. The Labute approximate surface area is 90.7 Å². The molecule has 0 atom stereocenters. The summed E-state index contributed by atoms with van der Waals surface area (Å²) in [6.45, 7) is 0. The zero-order valence-electron chi connectivity index (χ0n) is 7.61. The number of hydrogen-bond donors (Lipinski definition) is 1. The first-order valence-electron chi connectivity index (χ1n) is 4.19. The summed E-state index contributed by atoms with van der Waals surface area (Å²) in [4.78, 5) is 14.7. The van der Waals surface area contributed by atoms with Gasteiger partial charge < -0.3 is 10.2 Å². The number of aromatic nitrogens is 1. The lowest BCUT2D eigenvalue weighted by atomic mass is 10.2. The molecule has 0 spiro atoms. The molecule has 0 radical (unpaired) electrons. The van der Waals surface area contributed by atoms with Crippen LogP contribution in [0.4, 0.5) is 0 Å². The second-order valence-corrected chi connectivity index (χ2v) is 3.28. The van der Waals surface area contributed by atoms with E-state index >= 15 is 0 Å². The van der Waals surface area contributed by atoms with Gasteiger partial charge >= 0.3 is 0 Å². The number of benzene rings is 1. The molecule has 2 aromatic rings. The van der Waals surface area contributed by atoms with Crippen LogP contribution in [0.25, 0.3) is 11.5 Å². The number of rotatable bonds is 2. The van der Waals surface area contributed by atoms with Gasteiger partial charge in [0, 0.05) is 0 Å². The summed E-state index contributed by atoms with van der Waals surface area (Å²) >= 11 is 5.93. The maximum absolute atomic E-state index is 10.8. The molecular formula is C10H7ClN2O2. The first kappa shape index (κ1) is 9.73. The molecule has 0 saturated heterocycles. The number of halogens is 1. The van der Waals surface area contributed by atoms with E-state index in [2.05, 4.69) is 4.98 Å². The van der Waals surface area contributed by atoms with Crippen molar-refractivity contribution in [1.29, 1.82) is 0 Å². The molecule has 1 aromatic heterocycles. The Kier molecular flexibility index (Phi) is 2.43. The van der Waals surface area contributed by atoms with Crippen molar-refractivity contribution in [3.8, 4) is 11.5 Å². The van der Waals surface area contributed by atoms with Gasteiger partial charge in [-0.15, -0.1) is 0 Å². The lowest BCUT2D eigenvalue weighted by molar-refractivity contribution is 0.0974. The fourth-order valence-corrected chi connectivity index (χ4v) is 1.36. The van der Waals surface area contributed by atoms with Crippen LogP contribution in [0.5, 0.6) is 0 Å². The fourth-order valence-electron chi connectivity index (χ4n) is 1.15.